The summed E-state index contributed by atoms with van der Waals surface area (Å²) in [6, 6.07) is 22.5. The van der Waals surface area contributed by atoms with Crippen molar-refractivity contribution in [3.8, 4) is 22.4 Å². The smallest absolute Gasteiger partial charge is 0.160 e. The van der Waals surface area contributed by atoms with E-state index in [1.165, 1.54) is 5.56 Å². The van der Waals surface area contributed by atoms with Crippen LogP contribution in [0.4, 0.5) is 0 Å². The Morgan fingerprint density at radius 1 is 0.760 bits per heavy atom. The summed E-state index contributed by atoms with van der Waals surface area (Å²) in [4.78, 5) is 9.22. The second-order valence-corrected chi connectivity index (χ2v) is 5.96. The van der Waals surface area contributed by atoms with E-state index in [9.17, 15) is 0 Å². The molecule has 0 spiro atoms. The van der Waals surface area contributed by atoms with E-state index in [1.807, 2.05) is 36.5 Å². The predicted octanol–water partition coefficient (Wildman–Crippen LogP) is 5.71. The molecule has 25 heavy (non-hydrogen) atoms. The number of nitrogens with zero attached hydrogens (tertiary/aromatic N) is 2. The first-order chi connectivity index (χ1) is 12.4. The molecule has 0 saturated heterocycles. The van der Waals surface area contributed by atoms with Crippen LogP contribution in [0, 0.1) is 0 Å². The Labute approximate surface area is 144 Å². The molecule has 3 heterocycles. The van der Waals surface area contributed by atoms with Gasteiger partial charge in [0.2, 0.25) is 0 Å². The summed E-state index contributed by atoms with van der Waals surface area (Å²) in [5.41, 5.74) is 5.96. The minimum absolute atomic E-state index is 0.820. The van der Waals surface area contributed by atoms with Gasteiger partial charge < -0.3 is 4.42 Å². The van der Waals surface area contributed by atoms with Crippen molar-refractivity contribution in [2.75, 3.05) is 0 Å². The molecule has 3 aromatic heterocycles. The molecule has 118 valence electrons. The highest BCUT2D eigenvalue weighted by molar-refractivity contribution is 6.09. The lowest BCUT2D eigenvalue weighted by Gasteiger charge is -2.08. The highest BCUT2D eigenvalue weighted by atomic mass is 16.3. The number of benzene rings is 2. The molecule has 0 saturated carbocycles. The number of hydrogen-bond acceptors (Lipinski definition) is 3. The molecule has 2 aromatic carbocycles. The summed E-state index contributed by atoms with van der Waals surface area (Å²) in [6.45, 7) is 0. The summed E-state index contributed by atoms with van der Waals surface area (Å²) in [7, 11) is 0. The van der Waals surface area contributed by atoms with E-state index in [1.54, 1.807) is 12.5 Å². The van der Waals surface area contributed by atoms with Crippen molar-refractivity contribution in [3.05, 3.63) is 85.4 Å². The van der Waals surface area contributed by atoms with Gasteiger partial charge in [0.15, 0.2) is 5.58 Å². The molecule has 0 amide bonds. The lowest BCUT2D eigenvalue weighted by atomic mass is 10.0. The van der Waals surface area contributed by atoms with Gasteiger partial charge in [-0.1, -0.05) is 42.5 Å². The Hall–Kier alpha value is -3.46. The SMILES string of the molecule is c1ccc(-c2ccc(-c3cc4ccoc4c4ncccc34)nc2)cc1. The zero-order valence-corrected chi connectivity index (χ0v) is 13.4. The fourth-order valence-corrected chi connectivity index (χ4v) is 3.23. The molecule has 0 bridgehead atoms. The van der Waals surface area contributed by atoms with E-state index >= 15 is 0 Å². The van der Waals surface area contributed by atoms with Crippen LogP contribution in [0.2, 0.25) is 0 Å². The third-order valence-corrected chi connectivity index (χ3v) is 4.46. The number of furan rings is 1. The molecule has 5 rings (SSSR count). The number of aromatic nitrogens is 2. The van der Waals surface area contributed by atoms with Gasteiger partial charge in [0.25, 0.3) is 0 Å². The average Bonchev–Trinajstić information content (AvgIpc) is 3.17. The van der Waals surface area contributed by atoms with Crippen LogP contribution in [0.5, 0.6) is 0 Å². The van der Waals surface area contributed by atoms with Crippen LogP contribution in [0.1, 0.15) is 0 Å². The first kappa shape index (κ1) is 13.9. The molecule has 3 nitrogen and oxygen atoms in total. The molecule has 5 aromatic rings. The predicted molar refractivity (Wildman–Crippen MR) is 100 cm³/mol. The van der Waals surface area contributed by atoms with E-state index in [4.69, 9.17) is 9.40 Å². The van der Waals surface area contributed by atoms with Crippen molar-refractivity contribution in [2.45, 2.75) is 0 Å². The monoisotopic (exact) mass is 322 g/mol. The third-order valence-electron chi connectivity index (χ3n) is 4.46. The number of pyridine rings is 2. The van der Waals surface area contributed by atoms with Crippen molar-refractivity contribution in [2.24, 2.45) is 0 Å². The first-order valence-electron chi connectivity index (χ1n) is 8.17. The highest BCUT2D eigenvalue weighted by Crippen LogP contribution is 2.34. The zero-order chi connectivity index (χ0) is 16.6. The maximum atomic E-state index is 5.62. The quantitative estimate of drug-likeness (QED) is 0.418. The average molecular weight is 322 g/mol. The Bertz CT molecular complexity index is 1180. The molecule has 0 aliphatic rings. The first-order valence-corrected chi connectivity index (χ1v) is 8.17. The van der Waals surface area contributed by atoms with Gasteiger partial charge >= 0.3 is 0 Å². The van der Waals surface area contributed by atoms with Crippen molar-refractivity contribution >= 4 is 21.9 Å². The standard InChI is InChI=1S/C22H14N2O/c1-2-5-15(6-3-1)17-8-9-20(24-14-17)19-13-16-10-12-25-22(16)21-18(19)7-4-11-23-21/h1-14H. The molecule has 0 unspecified atom stereocenters. The van der Waals surface area contributed by atoms with Gasteiger partial charge in [0, 0.05) is 34.3 Å². The molecular weight excluding hydrogens is 308 g/mol. The van der Waals surface area contributed by atoms with Crippen molar-refractivity contribution in [1.82, 2.24) is 9.97 Å². The van der Waals surface area contributed by atoms with E-state index in [0.717, 1.165) is 38.7 Å². The van der Waals surface area contributed by atoms with Crippen LogP contribution in [-0.4, -0.2) is 9.97 Å². The van der Waals surface area contributed by atoms with Crippen LogP contribution < -0.4 is 0 Å². The van der Waals surface area contributed by atoms with Crippen LogP contribution in [0.25, 0.3) is 44.3 Å². The maximum Gasteiger partial charge on any atom is 0.160 e. The van der Waals surface area contributed by atoms with E-state index in [-0.39, 0.29) is 0 Å². The Kier molecular flexibility index (Phi) is 3.10. The summed E-state index contributed by atoms with van der Waals surface area (Å²) in [5.74, 6) is 0. The van der Waals surface area contributed by atoms with Crippen molar-refractivity contribution < 1.29 is 4.42 Å². The van der Waals surface area contributed by atoms with Gasteiger partial charge in [0.1, 0.15) is 5.52 Å². The van der Waals surface area contributed by atoms with Gasteiger partial charge in [-0.05, 0) is 29.8 Å². The Morgan fingerprint density at radius 2 is 1.68 bits per heavy atom. The van der Waals surface area contributed by atoms with E-state index in [2.05, 4.69) is 41.4 Å². The van der Waals surface area contributed by atoms with Crippen LogP contribution in [0.15, 0.2) is 89.8 Å². The topological polar surface area (TPSA) is 38.9 Å². The molecule has 0 fully saturated rings. The van der Waals surface area contributed by atoms with Crippen molar-refractivity contribution in [3.63, 3.8) is 0 Å². The van der Waals surface area contributed by atoms with Crippen LogP contribution in [0.3, 0.4) is 0 Å². The fraction of sp³-hybridized carbons (Fsp3) is 0. The maximum absolute atomic E-state index is 5.62. The van der Waals surface area contributed by atoms with E-state index < -0.39 is 0 Å². The lowest BCUT2D eigenvalue weighted by Crippen LogP contribution is -1.88. The van der Waals surface area contributed by atoms with Crippen LogP contribution in [-0.2, 0) is 0 Å². The second-order valence-electron chi connectivity index (χ2n) is 5.96. The van der Waals surface area contributed by atoms with Gasteiger partial charge in [-0.15, -0.1) is 0 Å². The molecule has 0 aliphatic heterocycles. The normalized spacial score (nSPS) is 11.2. The number of rotatable bonds is 2. The molecule has 0 aliphatic carbocycles. The van der Waals surface area contributed by atoms with Gasteiger partial charge in [-0.2, -0.15) is 0 Å². The van der Waals surface area contributed by atoms with Gasteiger partial charge in [-0.25, -0.2) is 0 Å². The summed E-state index contributed by atoms with van der Waals surface area (Å²) < 4.78 is 5.62. The minimum atomic E-state index is 0.820. The second kappa shape index (κ2) is 5.56. The minimum Gasteiger partial charge on any atom is -0.462 e. The van der Waals surface area contributed by atoms with Crippen molar-refractivity contribution in [1.29, 1.82) is 0 Å². The van der Waals surface area contributed by atoms with Crippen LogP contribution >= 0.6 is 0 Å². The summed E-state index contributed by atoms with van der Waals surface area (Å²) in [6.07, 6.45) is 5.42. The Morgan fingerprint density at radius 3 is 2.52 bits per heavy atom. The zero-order valence-electron chi connectivity index (χ0n) is 13.4. The summed E-state index contributed by atoms with van der Waals surface area (Å²) in [5, 5.41) is 2.08. The molecule has 3 heteroatoms. The molecular formula is C22H14N2O. The molecule has 0 radical (unpaired) electrons. The number of fused-ring (bicyclic) bond motifs is 3. The Balaban J connectivity index is 1.70. The summed E-state index contributed by atoms with van der Waals surface area (Å²) >= 11 is 0. The third kappa shape index (κ3) is 2.29. The lowest BCUT2D eigenvalue weighted by molar-refractivity contribution is 0.618. The largest absolute Gasteiger partial charge is 0.462 e. The fourth-order valence-electron chi connectivity index (χ4n) is 3.23. The number of hydrogen-bond donors (Lipinski definition) is 0. The molecule has 0 atom stereocenters. The molecule has 0 N–H and O–H groups in total. The highest BCUT2D eigenvalue weighted by Gasteiger charge is 2.12. The van der Waals surface area contributed by atoms with Gasteiger partial charge in [0.05, 0.1) is 12.0 Å². The van der Waals surface area contributed by atoms with E-state index in [0.29, 0.717) is 0 Å². The van der Waals surface area contributed by atoms with Gasteiger partial charge in [-0.3, -0.25) is 9.97 Å².